The van der Waals surface area contributed by atoms with Gasteiger partial charge in [0.2, 0.25) is 5.91 Å². The average Bonchev–Trinajstić information content (AvgIpc) is 2.98. The van der Waals surface area contributed by atoms with Crippen LogP contribution in [-0.2, 0) is 4.79 Å². The first-order chi connectivity index (χ1) is 11.6. The van der Waals surface area contributed by atoms with E-state index in [-0.39, 0.29) is 17.9 Å². The lowest BCUT2D eigenvalue weighted by molar-refractivity contribution is -0.127. The van der Waals surface area contributed by atoms with Gasteiger partial charge >= 0.3 is 0 Å². The lowest BCUT2D eigenvalue weighted by Gasteiger charge is -2.37. The minimum Gasteiger partial charge on any atom is -0.343 e. The van der Waals surface area contributed by atoms with Crippen molar-refractivity contribution >= 4 is 11.8 Å². The maximum atomic E-state index is 13.0. The first-order valence-electron chi connectivity index (χ1n) is 9.08. The number of hydrogen-bond acceptors (Lipinski definition) is 3. The lowest BCUT2D eigenvalue weighted by Crippen LogP contribution is -2.45. The number of amides is 2. The van der Waals surface area contributed by atoms with Crippen LogP contribution in [0.3, 0.4) is 0 Å². The van der Waals surface area contributed by atoms with Crippen LogP contribution >= 0.6 is 0 Å². The molecule has 2 aliphatic rings. The van der Waals surface area contributed by atoms with Crippen LogP contribution in [0, 0.1) is 13.8 Å². The van der Waals surface area contributed by atoms with Crippen molar-refractivity contribution in [2.75, 3.05) is 19.6 Å². The molecule has 0 N–H and O–H groups in total. The van der Waals surface area contributed by atoms with E-state index in [1.54, 1.807) is 6.20 Å². The third kappa shape index (κ3) is 3.60. The Hall–Kier alpha value is -1.91. The Bertz CT molecular complexity index is 629. The van der Waals surface area contributed by atoms with Gasteiger partial charge in [0.05, 0.1) is 5.56 Å². The largest absolute Gasteiger partial charge is 0.343 e. The number of rotatable bonds is 4. The summed E-state index contributed by atoms with van der Waals surface area (Å²) in [5.41, 5.74) is 2.64. The van der Waals surface area contributed by atoms with Gasteiger partial charge < -0.3 is 9.80 Å². The minimum atomic E-state index is 0.0949. The summed E-state index contributed by atoms with van der Waals surface area (Å²) >= 11 is 0. The fraction of sp³-hybridized carbons (Fsp3) is 0.632. The molecular formula is C19H27N3O2. The summed E-state index contributed by atoms with van der Waals surface area (Å²) in [4.78, 5) is 33.1. The summed E-state index contributed by atoms with van der Waals surface area (Å²) in [7, 11) is 0. The van der Waals surface area contributed by atoms with E-state index in [1.807, 2.05) is 29.7 Å². The number of hydrogen-bond donors (Lipinski definition) is 0. The van der Waals surface area contributed by atoms with E-state index >= 15 is 0 Å². The fourth-order valence-corrected chi connectivity index (χ4v) is 3.89. The molecule has 3 rings (SSSR count). The Balaban J connectivity index is 1.69. The predicted octanol–water partition coefficient (Wildman–Crippen LogP) is 2.71. The Labute approximate surface area is 144 Å². The SMILES string of the molecule is Cc1cc(C)c(C(=O)N2CCCC[C@H]2CCN2CCCC2=O)cn1. The molecule has 2 amide bonds. The first-order valence-corrected chi connectivity index (χ1v) is 9.08. The second kappa shape index (κ2) is 7.32. The molecule has 1 atom stereocenters. The van der Waals surface area contributed by atoms with E-state index < -0.39 is 0 Å². The third-order valence-electron chi connectivity index (χ3n) is 5.27. The Morgan fingerprint density at radius 3 is 2.79 bits per heavy atom. The van der Waals surface area contributed by atoms with Crippen LogP contribution in [0.2, 0.25) is 0 Å². The third-order valence-corrected chi connectivity index (χ3v) is 5.27. The van der Waals surface area contributed by atoms with Gasteiger partial charge in [-0.3, -0.25) is 14.6 Å². The summed E-state index contributed by atoms with van der Waals surface area (Å²) in [5.74, 6) is 0.361. The van der Waals surface area contributed by atoms with Gasteiger partial charge in [-0.2, -0.15) is 0 Å². The van der Waals surface area contributed by atoms with Crippen LogP contribution in [0.4, 0.5) is 0 Å². The maximum Gasteiger partial charge on any atom is 0.255 e. The van der Waals surface area contributed by atoms with E-state index in [2.05, 4.69) is 4.98 Å². The fourth-order valence-electron chi connectivity index (χ4n) is 3.89. The van der Waals surface area contributed by atoms with E-state index in [1.165, 1.54) is 0 Å². The van der Waals surface area contributed by atoms with Crippen molar-refractivity contribution < 1.29 is 9.59 Å². The van der Waals surface area contributed by atoms with Gasteiger partial charge in [0.1, 0.15) is 0 Å². The molecule has 1 aromatic heterocycles. The summed E-state index contributed by atoms with van der Waals surface area (Å²) in [6.07, 6.45) is 7.50. The van der Waals surface area contributed by atoms with Crippen LogP contribution in [0.25, 0.3) is 0 Å². The number of pyridine rings is 1. The van der Waals surface area contributed by atoms with Crippen molar-refractivity contribution in [1.29, 1.82) is 0 Å². The Morgan fingerprint density at radius 1 is 1.25 bits per heavy atom. The molecule has 130 valence electrons. The van der Waals surface area contributed by atoms with Crippen molar-refractivity contribution in [2.24, 2.45) is 0 Å². The monoisotopic (exact) mass is 329 g/mol. The summed E-state index contributed by atoms with van der Waals surface area (Å²) in [5, 5.41) is 0. The van der Waals surface area contributed by atoms with Gasteiger partial charge in [-0.05, 0) is 57.6 Å². The molecule has 1 aromatic rings. The van der Waals surface area contributed by atoms with Crippen LogP contribution in [0.1, 0.15) is 60.1 Å². The van der Waals surface area contributed by atoms with Gasteiger partial charge in [-0.1, -0.05) is 0 Å². The van der Waals surface area contributed by atoms with Crippen LogP contribution < -0.4 is 0 Å². The number of likely N-dealkylation sites (tertiary alicyclic amines) is 2. The number of carbonyl (C=O) groups excluding carboxylic acids is 2. The number of piperidine rings is 1. The molecule has 0 aromatic carbocycles. The highest BCUT2D eigenvalue weighted by Crippen LogP contribution is 2.24. The molecule has 2 saturated heterocycles. The van der Waals surface area contributed by atoms with E-state index in [0.29, 0.717) is 12.0 Å². The zero-order chi connectivity index (χ0) is 17.1. The summed E-state index contributed by atoms with van der Waals surface area (Å²) in [6, 6.07) is 2.20. The van der Waals surface area contributed by atoms with Crippen LogP contribution in [-0.4, -0.2) is 52.3 Å². The molecule has 5 heteroatoms. The zero-order valence-electron chi connectivity index (χ0n) is 14.8. The van der Waals surface area contributed by atoms with Crippen LogP contribution in [0.5, 0.6) is 0 Å². The molecular weight excluding hydrogens is 302 g/mol. The Morgan fingerprint density at radius 2 is 2.08 bits per heavy atom. The molecule has 0 aliphatic carbocycles. The van der Waals surface area contributed by atoms with Crippen molar-refractivity contribution in [3.05, 3.63) is 29.1 Å². The topological polar surface area (TPSA) is 53.5 Å². The van der Waals surface area contributed by atoms with Gasteiger partial charge in [0.25, 0.3) is 5.91 Å². The first kappa shape index (κ1) is 16.9. The average molecular weight is 329 g/mol. The Kier molecular flexibility index (Phi) is 5.17. The molecule has 2 fully saturated rings. The number of nitrogens with zero attached hydrogens (tertiary/aromatic N) is 3. The standard InChI is InChI=1S/C19H27N3O2/c1-14-12-15(2)20-13-17(14)19(24)22-10-4-3-6-16(22)8-11-21-9-5-7-18(21)23/h12-13,16H,3-11H2,1-2H3/t16-/m0/s1. The highest BCUT2D eigenvalue weighted by atomic mass is 16.2. The number of aromatic nitrogens is 1. The quantitative estimate of drug-likeness (QED) is 0.853. The molecule has 0 bridgehead atoms. The van der Waals surface area contributed by atoms with E-state index in [9.17, 15) is 9.59 Å². The van der Waals surface area contributed by atoms with Gasteiger partial charge in [-0.25, -0.2) is 0 Å². The van der Waals surface area contributed by atoms with Crippen molar-refractivity contribution in [3.63, 3.8) is 0 Å². The van der Waals surface area contributed by atoms with Gasteiger partial charge in [0, 0.05) is 44.0 Å². The van der Waals surface area contributed by atoms with Crippen LogP contribution in [0.15, 0.2) is 12.3 Å². The molecule has 2 aliphatic heterocycles. The second-order valence-electron chi connectivity index (χ2n) is 7.06. The highest BCUT2D eigenvalue weighted by molar-refractivity contribution is 5.95. The number of carbonyl (C=O) groups is 2. The normalized spacial score (nSPS) is 21.4. The molecule has 24 heavy (non-hydrogen) atoms. The maximum absolute atomic E-state index is 13.0. The molecule has 0 spiro atoms. The van der Waals surface area contributed by atoms with Gasteiger partial charge in [-0.15, -0.1) is 0 Å². The molecule has 0 radical (unpaired) electrons. The smallest absolute Gasteiger partial charge is 0.255 e. The van der Waals surface area contributed by atoms with Crippen molar-refractivity contribution in [3.8, 4) is 0 Å². The van der Waals surface area contributed by atoms with E-state index in [4.69, 9.17) is 0 Å². The zero-order valence-corrected chi connectivity index (χ0v) is 14.8. The van der Waals surface area contributed by atoms with E-state index in [0.717, 1.165) is 63.0 Å². The molecule has 5 nitrogen and oxygen atoms in total. The van der Waals surface area contributed by atoms with Crippen molar-refractivity contribution in [2.45, 2.75) is 58.4 Å². The highest BCUT2D eigenvalue weighted by Gasteiger charge is 2.29. The minimum absolute atomic E-state index is 0.0949. The van der Waals surface area contributed by atoms with Crippen molar-refractivity contribution in [1.82, 2.24) is 14.8 Å². The summed E-state index contributed by atoms with van der Waals surface area (Å²) in [6.45, 7) is 6.38. The predicted molar refractivity (Wildman–Crippen MR) is 92.8 cm³/mol. The molecule has 0 unspecified atom stereocenters. The molecule has 0 saturated carbocycles. The molecule has 3 heterocycles. The number of aryl methyl sites for hydroxylation is 2. The van der Waals surface area contributed by atoms with Gasteiger partial charge in [0.15, 0.2) is 0 Å². The lowest BCUT2D eigenvalue weighted by atomic mass is 9.97. The summed E-state index contributed by atoms with van der Waals surface area (Å²) < 4.78 is 0. The second-order valence-corrected chi connectivity index (χ2v) is 7.06.